The Morgan fingerprint density at radius 1 is 1.12 bits per heavy atom. The fourth-order valence-corrected chi connectivity index (χ4v) is 1.85. The van der Waals surface area contributed by atoms with Gasteiger partial charge in [-0.3, -0.25) is 0 Å². The van der Waals surface area contributed by atoms with Crippen LogP contribution < -0.4 is 10.1 Å². The van der Waals surface area contributed by atoms with E-state index in [0.29, 0.717) is 6.04 Å². The Kier molecular flexibility index (Phi) is 6.71. The molecule has 2 nitrogen and oxygen atoms in total. The van der Waals surface area contributed by atoms with Crippen LogP contribution in [0.5, 0.6) is 5.75 Å². The second-order valence-electron chi connectivity index (χ2n) is 4.37. The van der Waals surface area contributed by atoms with Crippen molar-refractivity contribution in [2.24, 2.45) is 0 Å². The van der Waals surface area contributed by atoms with Crippen LogP contribution in [0.4, 0.5) is 0 Å². The van der Waals surface area contributed by atoms with Gasteiger partial charge in [0.05, 0.1) is 0 Å². The zero-order valence-electron chi connectivity index (χ0n) is 11.3. The number of likely N-dealkylation sites (N-methyl/N-ethyl adjacent to an activating group) is 1. The first-order chi connectivity index (χ1) is 8.30. The molecule has 0 aromatic heterocycles. The maximum absolute atomic E-state index is 5.78. The highest BCUT2D eigenvalue weighted by molar-refractivity contribution is 5.27. The molecule has 1 N–H and O–H groups in total. The van der Waals surface area contributed by atoms with Gasteiger partial charge in [0.15, 0.2) is 0 Å². The standard InChI is InChI=1S/C15H25NO/c1-4-7-13-8-10-15(11-9-13)17-12-14(5-2)16-6-3/h8-11,14,16H,4-7,12H2,1-3H3. The molecule has 96 valence electrons. The van der Waals surface area contributed by atoms with E-state index in [4.69, 9.17) is 4.74 Å². The average Bonchev–Trinajstić information content (AvgIpc) is 2.36. The van der Waals surface area contributed by atoms with E-state index in [1.807, 2.05) is 0 Å². The molecule has 1 aromatic rings. The lowest BCUT2D eigenvalue weighted by Crippen LogP contribution is -2.33. The van der Waals surface area contributed by atoms with Crippen LogP contribution in [-0.2, 0) is 6.42 Å². The first-order valence-corrected chi connectivity index (χ1v) is 6.75. The van der Waals surface area contributed by atoms with E-state index in [9.17, 15) is 0 Å². The first-order valence-electron chi connectivity index (χ1n) is 6.75. The van der Waals surface area contributed by atoms with Crippen LogP contribution in [-0.4, -0.2) is 19.2 Å². The minimum absolute atomic E-state index is 0.454. The Morgan fingerprint density at radius 3 is 2.35 bits per heavy atom. The highest BCUT2D eigenvalue weighted by Gasteiger charge is 2.04. The minimum Gasteiger partial charge on any atom is -0.492 e. The van der Waals surface area contributed by atoms with Gasteiger partial charge in [-0.05, 0) is 37.1 Å². The van der Waals surface area contributed by atoms with Crippen molar-refractivity contribution in [2.45, 2.75) is 46.1 Å². The van der Waals surface area contributed by atoms with Crippen molar-refractivity contribution in [1.82, 2.24) is 5.32 Å². The normalized spacial score (nSPS) is 12.4. The second kappa shape index (κ2) is 8.13. The predicted molar refractivity (Wildman–Crippen MR) is 73.7 cm³/mol. The van der Waals surface area contributed by atoms with Gasteiger partial charge in [0.2, 0.25) is 0 Å². The highest BCUT2D eigenvalue weighted by atomic mass is 16.5. The lowest BCUT2D eigenvalue weighted by Gasteiger charge is -2.16. The van der Waals surface area contributed by atoms with E-state index in [-0.39, 0.29) is 0 Å². The smallest absolute Gasteiger partial charge is 0.119 e. The monoisotopic (exact) mass is 235 g/mol. The fourth-order valence-electron chi connectivity index (χ4n) is 1.85. The molecule has 0 spiro atoms. The fraction of sp³-hybridized carbons (Fsp3) is 0.600. The van der Waals surface area contributed by atoms with Gasteiger partial charge in [-0.2, -0.15) is 0 Å². The summed E-state index contributed by atoms with van der Waals surface area (Å²) < 4.78 is 5.78. The third-order valence-electron chi connectivity index (χ3n) is 2.90. The number of ether oxygens (including phenoxy) is 1. The molecule has 0 saturated heterocycles. The van der Waals surface area contributed by atoms with Crippen molar-refractivity contribution in [3.63, 3.8) is 0 Å². The number of rotatable bonds is 8. The predicted octanol–water partition coefficient (Wildman–Crippen LogP) is 3.41. The summed E-state index contributed by atoms with van der Waals surface area (Å²) in [4.78, 5) is 0. The van der Waals surface area contributed by atoms with Gasteiger partial charge in [0, 0.05) is 6.04 Å². The van der Waals surface area contributed by atoms with Crippen LogP contribution >= 0.6 is 0 Å². The average molecular weight is 235 g/mol. The molecule has 0 bridgehead atoms. The van der Waals surface area contributed by atoms with Crippen molar-refractivity contribution in [1.29, 1.82) is 0 Å². The van der Waals surface area contributed by atoms with E-state index in [0.717, 1.165) is 31.7 Å². The summed E-state index contributed by atoms with van der Waals surface area (Å²) in [6, 6.07) is 8.92. The summed E-state index contributed by atoms with van der Waals surface area (Å²) in [5, 5.41) is 3.41. The van der Waals surface area contributed by atoms with Crippen LogP contribution in [0.3, 0.4) is 0 Å². The molecule has 17 heavy (non-hydrogen) atoms. The molecule has 0 aliphatic carbocycles. The van der Waals surface area contributed by atoms with E-state index < -0.39 is 0 Å². The number of nitrogens with one attached hydrogen (secondary N) is 1. The minimum atomic E-state index is 0.454. The maximum Gasteiger partial charge on any atom is 0.119 e. The molecule has 1 atom stereocenters. The van der Waals surface area contributed by atoms with Gasteiger partial charge < -0.3 is 10.1 Å². The van der Waals surface area contributed by atoms with Crippen molar-refractivity contribution in [3.8, 4) is 5.75 Å². The maximum atomic E-state index is 5.78. The number of aryl methyl sites for hydroxylation is 1. The summed E-state index contributed by atoms with van der Waals surface area (Å²) >= 11 is 0. The van der Waals surface area contributed by atoms with Crippen molar-refractivity contribution in [2.75, 3.05) is 13.2 Å². The van der Waals surface area contributed by atoms with Gasteiger partial charge in [0.25, 0.3) is 0 Å². The number of hydrogen-bond acceptors (Lipinski definition) is 2. The zero-order valence-corrected chi connectivity index (χ0v) is 11.3. The molecular weight excluding hydrogens is 210 g/mol. The van der Waals surface area contributed by atoms with Crippen LogP contribution in [0.2, 0.25) is 0 Å². The van der Waals surface area contributed by atoms with E-state index in [1.165, 1.54) is 12.0 Å². The lowest BCUT2D eigenvalue weighted by molar-refractivity contribution is 0.262. The van der Waals surface area contributed by atoms with Crippen LogP contribution in [0.15, 0.2) is 24.3 Å². The van der Waals surface area contributed by atoms with Gasteiger partial charge in [-0.25, -0.2) is 0 Å². The highest BCUT2D eigenvalue weighted by Crippen LogP contribution is 2.13. The summed E-state index contributed by atoms with van der Waals surface area (Å²) in [6.07, 6.45) is 3.44. The third-order valence-corrected chi connectivity index (χ3v) is 2.90. The Balaban J connectivity index is 2.40. The number of benzene rings is 1. The summed E-state index contributed by atoms with van der Waals surface area (Å²) in [7, 11) is 0. The Bertz CT molecular complexity index is 294. The second-order valence-corrected chi connectivity index (χ2v) is 4.37. The molecule has 1 rings (SSSR count). The molecule has 0 aliphatic heterocycles. The molecular formula is C15H25NO. The molecule has 0 heterocycles. The van der Waals surface area contributed by atoms with E-state index >= 15 is 0 Å². The first kappa shape index (κ1) is 14.0. The van der Waals surface area contributed by atoms with E-state index in [2.05, 4.69) is 50.4 Å². The van der Waals surface area contributed by atoms with Gasteiger partial charge in [-0.1, -0.05) is 39.3 Å². The Hall–Kier alpha value is -1.02. The lowest BCUT2D eigenvalue weighted by atomic mass is 10.1. The molecule has 1 unspecified atom stereocenters. The summed E-state index contributed by atoms with van der Waals surface area (Å²) in [5.74, 6) is 0.973. The van der Waals surface area contributed by atoms with Crippen molar-refractivity contribution in [3.05, 3.63) is 29.8 Å². The third kappa shape index (κ3) is 5.22. The molecule has 0 fully saturated rings. The van der Waals surface area contributed by atoms with Crippen LogP contribution in [0.25, 0.3) is 0 Å². The largest absolute Gasteiger partial charge is 0.492 e. The van der Waals surface area contributed by atoms with Gasteiger partial charge >= 0.3 is 0 Å². The van der Waals surface area contributed by atoms with Crippen molar-refractivity contribution < 1.29 is 4.74 Å². The quantitative estimate of drug-likeness (QED) is 0.745. The SMILES string of the molecule is CCCc1ccc(OCC(CC)NCC)cc1. The number of hydrogen-bond donors (Lipinski definition) is 1. The topological polar surface area (TPSA) is 21.3 Å². The van der Waals surface area contributed by atoms with Crippen LogP contribution in [0, 0.1) is 0 Å². The molecule has 2 heteroatoms. The molecule has 0 radical (unpaired) electrons. The Morgan fingerprint density at radius 2 is 1.82 bits per heavy atom. The summed E-state index contributed by atoms with van der Waals surface area (Å²) in [5.41, 5.74) is 1.39. The van der Waals surface area contributed by atoms with E-state index in [1.54, 1.807) is 0 Å². The molecule has 0 aliphatic rings. The van der Waals surface area contributed by atoms with Crippen LogP contribution in [0.1, 0.15) is 39.2 Å². The zero-order chi connectivity index (χ0) is 12.5. The molecule has 1 aromatic carbocycles. The van der Waals surface area contributed by atoms with Gasteiger partial charge in [0.1, 0.15) is 12.4 Å². The van der Waals surface area contributed by atoms with Crippen molar-refractivity contribution >= 4 is 0 Å². The summed E-state index contributed by atoms with van der Waals surface area (Å²) in [6.45, 7) is 8.25. The van der Waals surface area contributed by atoms with Gasteiger partial charge in [-0.15, -0.1) is 0 Å². The Labute approximate surface area is 105 Å². The molecule has 0 saturated carbocycles. The molecule has 0 amide bonds.